The van der Waals surface area contributed by atoms with E-state index in [1.165, 1.54) is 0 Å². The molecule has 0 unspecified atom stereocenters. The Morgan fingerprint density at radius 1 is 1.07 bits per heavy atom. The zero-order valence-electron chi connectivity index (χ0n) is 8.02. The Labute approximate surface area is 92.9 Å². The molecule has 0 aliphatic rings. The first kappa shape index (κ1) is 10.1. The van der Waals surface area contributed by atoms with Crippen LogP contribution >= 0.6 is 11.6 Å². The molecule has 0 amide bonds. The van der Waals surface area contributed by atoms with Crippen molar-refractivity contribution in [3.63, 3.8) is 0 Å². The molecular weight excluding hydrogens is 210 g/mol. The lowest BCUT2D eigenvalue weighted by atomic mass is 10.2. The van der Waals surface area contributed by atoms with E-state index in [1.54, 1.807) is 12.4 Å². The third-order valence-corrected chi connectivity index (χ3v) is 2.31. The van der Waals surface area contributed by atoms with Crippen LogP contribution in [0.1, 0.15) is 5.69 Å². The van der Waals surface area contributed by atoms with Crippen LogP contribution in [0.4, 0.5) is 0 Å². The molecule has 4 heteroatoms. The molecule has 3 nitrogen and oxygen atoms in total. The van der Waals surface area contributed by atoms with Crippen molar-refractivity contribution in [1.29, 1.82) is 0 Å². The Hall–Kier alpha value is -1.45. The first-order chi connectivity index (χ1) is 7.29. The van der Waals surface area contributed by atoms with Crippen molar-refractivity contribution >= 4 is 11.6 Å². The lowest BCUT2D eigenvalue weighted by Crippen LogP contribution is -2.00. The standard InChI is InChI=1S/C11H10ClN3/c12-9-3-1-8(2-4-9)11-7-14-10(5-13)6-15-11/h1-4,6-7H,5,13H2. The van der Waals surface area contributed by atoms with Gasteiger partial charge in [-0.05, 0) is 12.1 Å². The van der Waals surface area contributed by atoms with Gasteiger partial charge in [-0.2, -0.15) is 0 Å². The van der Waals surface area contributed by atoms with Gasteiger partial charge in [-0.25, -0.2) is 0 Å². The predicted octanol–water partition coefficient (Wildman–Crippen LogP) is 2.26. The van der Waals surface area contributed by atoms with Crippen LogP contribution in [0.3, 0.4) is 0 Å². The van der Waals surface area contributed by atoms with E-state index in [0.717, 1.165) is 17.0 Å². The molecule has 0 fully saturated rings. The molecule has 1 aromatic carbocycles. The fourth-order valence-corrected chi connectivity index (χ4v) is 1.36. The van der Waals surface area contributed by atoms with Gasteiger partial charge in [0.15, 0.2) is 0 Å². The van der Waals surface area contributed by atoms with Gasteiger partial charge in [-0.1, -0.05) is 23.7 Å². The van der Waals surface area contributed by atoms with Crippen molar-refractivity contribution in [3.8, 4) is 11.3 Å². The maximum atomic E-state index is 5.79. The summed E-state index contributed by atoms with van der Waals surface area (Å²) in [6.45, 7) is 0.411. The molecule has 1 heterocycles. The van der Waals surface area contributed by atoms with Crippen molar-refractivity contribution in [2.24, 2.45) is 5.73 Å². The topological polar surface area (TPSA) is 51.8 Å². The van der Waals surface area contributed by atoms with Crippen LogP contribution in [0.5, 0.6) is 0 Å². The van der Waals surface area contributed by atoms with E-state index in [9.17, 15) is 0 Å². The highest BCUT2D eigenvalue weighted by Crippen LogP contribution is 2.18. The summed E-state index contributed by atoms with van der Waals surface area (Å²) in [5.74, 6) is 0. The highest BCUT2D eigenvalue weighted by Gasteiger charge is 1.99. The van der Waals surface area contributed by atoms with Gasteiger partial charge in [0.25, 0.3) is 0 Å². The summed E-state index contributed by atoms with van der Waals surface area (Å²) in [7, 11) is 0. The quantitative estimate of drug-likeness (QED) is 0.843. The fraction of sp³-hybridized carbons (Fsp3) is 0.0909. The Balaban J connectivity index is 2.33. The summed E-state index contributed by atoms with van der Waals surface area (Å²) in [4.78, 5) is 8.44. The highest BCUT2D eigenvalue weighted by molar-refractivity contribution is 6.30. The molecule has 0 aliphatic heterocycles. The van der Waals surface area contributed by atoms with Gasteiger partial charge in [0.1, 0.15) is 0 Å². The molecular formula is C11H10ClN3. The minimum Gasteiger partial charge on any atom is -0.325 e. The second-order valence-corrected chi connectivity index (χ2v) is 3.54. The summed E-state index contributed by atoms with van der Waals surface area (Å²) >= 11 is 5.79. The molecule has 0 saturated carbocycles. The molecule has 0 saturated heterocycles. The molecule has 1 aromatic heterocycles. The van der Waals surface area contributed by atoms with E-state index < -0.39 is 0 Å². The monoisotopic (exact) mass is 219 g/mol. The minimum atomic E-state index is 0.411. The summed E-state index contributed by atoms with van der Waals surface area (Å²) in [6.07, 6.45) is 3.40. The predicted molar refractivity (Wildman–Crippen MR) is 60.4 cm³/mol. The van der Waals surface area contributed by atoms with E-state index in [0.29, 0.717) is 11.6 Å². The highest BCUT2D eigenvalue weighted by atomic mass is 35.5. The van der Waals surface area contributed by atoms with E-state index >= 15 is 0 Å². The van der Waals surface area contributed by atoms with Crippen LogP contribution in [-0.2, 0) is 6.54 Å². The molecule has 0 radical (unpaired) electrons. The maximum absolute atomic E-state index is 5.79. The number of aromatic nitrogens is 2. The zero-order valence-corrected chi connectivity index (χ0v) is 8.78. The third-order valence-electron chi connectivity index (χ3n) is 2.05. The van der Waals surface area contributed by atoms with Gasteiger partial charge in [-0.3, -0.25) is 9.97 Å². The van der Waals surface area contributed by atoms with Gasteiger partial charge in [0.2, 0.25) is 0 Å². The summed E-state index contributed by atoms with van der Waals surface area (Å²) in [5.41, 5.74) is 8.04. The lowest BCUT2D eigenvalue weighted by Gasteiger charge is -2.01. The largest absolute Gasteiger partial charge is 0.325 e. The Morgan fingerprint density at radius 2 is 1.80 bits per heavy atom. The Morgan fingerprint density at radius 3 is 2.33 bits per heavy atom. The number of halogens is 1. The van der Waals surface area contributed by atoms with Crippen molar-refractivity contribution in [2.75, 3.05) is 0 Å². The van der Waals surface area contributed by atoms with E-state index in [2.05, 4.69) is 9.97 Å². The van der Waals surface area contributed by atoms with Gasteiger partial charge in [0, 0.05) is 17.1 Å². The summed E-state index contributed by atoms with van der Waals surface area (Å²) in [6, 6.07) is 7.48. The average molecular weight is 220 g/mol. The SMILES string of the molecule is NCc1cnc(-c2ccc(Cl)cc2)cn1. The first-order valence-electron chi connectivity index (χ1n) is 4.56. The lowest BCUT2D eigenvalue weighted by molar-refractivity contribution is 0.966. The van der Waals surface area contributed by atoms with Crippen LogP contribution in [-0.4, -0.2) is 9.97 Å². The second-order valence-electron chi connectivity index (χ2n) is 3.10. The number of nitrogens with zero attached hydrogens (tertiary/aromatic N) is 2. The number of hydrogen-bond donors (Lipinski definition) is 1. The number of benzene rings is 1. The Bertz CT molecular complexity index is 436. The van der Waals surface area contributed by atoms with E-state index in [4.69, 9.17) is 17.3 Å². The van der Waals surface area contributed by atoms with Gasteiger partial charge >= 0.3 is 0 Å². The van der Waals surface area contributed by atoms with E-state index in [1.807, 2.05) is 24.3 Å². The van der Waals surface area contributed by atoms with Gasteiger partial charge in [0.05, 0.1) is 23.8 Å². The van der Waals surface area contributed by atoms with Crippen molar-refractivity contribution in [1.82, 2.24) is 9.97 Å². The zero-order chi connectivity index (χ0) is 10.7. The van der Waals surface area contributed by atoms with Crippen LogP contribution < -0.4 is 5.73 Å². The van der Waals surface area contributed by atoms with E-state index in [-0.39, 0.29) is 0 Å². The average Bonchev–Trinajstić information content (AvgIpc) is 2.30. The molecule has 2 N–H and O–H groups in total. The summed E-state index contributed by atoms with van der Waals surface area (Å²) < 4.78 is 0. The van der Waals surface area contributed by atoms with Gasteiger partial charge < -0.3 is 5.73 Å². The number of nitrogens with two attached hydrogens (primary N) is 1. The number of hydrogen-bond acceptors (Lipinski definition) is 3. The van der Waals surface area contributed by atoms with Crippen LogP contribution in [0.25, 0.3) is 11.3 Å². The second kappa shape index (κ2) is 4.38. The molecule has 15 heavy (non-hydrogen) atoms. The minimum absolute atomic E-state index is 0.411. The number of rotatable bonds is 2. The maximum Gasteiger partial charge on any atom is 0.0885 e. The summed E-state index contributed by atoms with van der Waals surface area (Å²) in [5, 5.41) is 0.713. The molecule has 2 aromatic rings. The first-order valence-corrected chi connectivity index (χ1v) is 4.94. The van der Waals surface area contributed by atoms with Crippen LogP contribution in [0.15, 0.2) is 36.7 Å². The molecule has 76 valence electrons. The fourth-order valence-electron chi connectivity index (χ4n) is 1.23. The molecule has 0 bridgehead atoms. The molecule has 0 spiro atoms. The van der Waals surface area contributed by atoms with Crippen molar-refractivity contribution < 1.29 is 0 Å². The normalized spacial score (nSPS) is 10.3. The molecule has 0 aliphatic carbocycles. The van der Waals surface area contributed by atoms with Crippen molar-refractivity contribution in [3.05, 3.63) is 47.4 Å². The molecule has 2 rings (SSSR count). The van der Waals surface area contributed by atoms with Crippen molar-refractivity contribution in [2.45, 2.75) is 6.54 Å². The van der Waals surface area contributed by atoms with Crippen LogP contribution in [0, 0.1) is 0 Å². The third kappa shape index (κ3) is 2.32. The van der Waals surface area contributed by atoms with Crippen LogP contribution in [0.2, 0.25) is 5.02 Å². The van der Waals surface area contributed by atoms with Gasteiger partial charge in [-0.15, -0.1) is 0 Å². The molecule has 0 atom stereocenters. The Kier molecular flexibility index (Phi) is 2.94. The smallest absolute Gasteiger partial charge is 0.0885 e.